The van der Waals surface area contributed by atoms with Gasteiger partial charge in [-0.25, -0.2) is 4.79 Å². The van der Waals surface area contributed by atoms with Crippen molar-refractivity contribution in [1.29, 1.82) is 0 Å². The van der Waals surface area contributed by atoms with Crippen LogP contribution in [-0.4, -0.2) is 23.6 Å². The Hall–Kier alpha value is -2.34. The number of carbonyl (C=O) groups excluding carboxylic acids is 1. The van der Waals surface area contributed by atoms with Gasteiger partial charge in [-0.3, -0.25) is 4.79 Å². The minimum absolute atomic E-state index is 0.144. The maximum absolute atomic E-state index is 11.9. The summed E-state index contributed by atoms with van der Waals surface area (Å²) in [6.45, 7) is 3.38. The van der Waals surface area contributed by atoms with E-state index in [9.17, 15) is 14.7 Å². The molecule has 0 aliphatic heterocycles. The van der Waals surface area contributed by atoms with Gasteiger partial charge in [-0.1, -0.05) is 18.2 Å². The topological polar surface area (TPSA) is 75.6 Å². The van der Waals surface area contributed by atoms with E-state index in [-0.39, 0.29) is 18.1 Å². The second-order valence-corrected chi connectivity index (χ2v) is 5.67. The molecule has 1 aromatic heterocycles. The molecule has 2 N–H and O–H groups in total. The van der Waals surface area contributed by atoms with Crippen molar-refractivity contribution in [2.75, 3.05) is 11.9 Å². The molecule has 0 unspecified atom stereocenters. The van der Waals surface area contributed by atoms with Crippen molar-refractivity contribution in [2.24, 2.45) is 0 Å². The van der Waals surface area contributed by atoms with Crippen molar-refractivity contribution in [3.8, 4) is 5.75 Å². The second-order valence-electron chi connectivity index (χ2n) is 4.44. The van der Waals surface area contributed by atoms with Crippen LogP contribution in [0.25, 0.3) is 0 Å². The molecule has 0 fully saturated rings. The van der Waals surface area contributed by atoms with Gasteiger partial charge in [0.15, 0.2) is 6.61 Å². The Bertz CT molecular complexity index is 664. The van der Waals surface area contributed by atoms with Gasteiger partial charge >= 0.3 is 5.97 Å². The molecule has 0 radical (unpaired) electrons. The maximum atomic E-state index is 11.9. The Morgan fingerprint density at radius 2 is 1.90 bits per heavy atom. The molecule has 0 spiro atoms. The van der Waals surface area contributed by atoms with E-state index in [0.29, 0.717) is 16.3 Å². The summed E-state index contributed by atoms with van der Waals surface area (Å²) >= 11 is 1.25. The molecule has 0 atom stereocenters. The molecular weight excluding hydrogens is 290 g/mol. The number of aryl methyl sites for hydroxylation is 1. The molecule has 0 aliphatic carbocycles. The minimum atomic E-state index is -1.05. The number of hydrogen-bond acceptors (Lipinski definition) is 4. The van der Waals surface area contributed by atoms with Crippen LogP contribution >= 0.6 is 11.3 Å². The predicted molar refractivity (Wildman–Crippen MR) is 81.3 cm³/mol. The smallest absolute Gasteiger partial charge is 0.338 e. The number of nitrogens with one attached hydrogen (secondary N) is 1. The van der Waals surface area contributed by atoms with E-state index in [4.69, 9.17) is 4.74 Å². The zero-order valence-corrected chi connectivity index (χ0v) is 12.5. The largest absolute Gasteiger partial charge is 0.484 e. The van der Waals surface area contributed by atoms with Crippen molar-refractivity contribution < 1.29 is 19.4 Å². The predicted octanol–water partition coefficient (Wildman–Crippen LogP) is 3.08. The number of para-hydroxylation sites is 1. The third-order valence-corrected chi connectivity index (χ3v) is 4.09. The van der Waals surface area contributed by atoms with Crippen molar-refractivity contribution in [3.63, 3.8) is 0 Å². The van der Waals surface area contributed by atoms with Gasteiger partial charge in [-0.2, -0.15) is 0 Å². The van der Waals surface area contributed by atoms with Crippen molar-refractivity contribution in [1.82, 2.24) is 0 Å². The van der Waals surface area contributed by atoms with Crippen LogP contribution in [0.3, 0.4) is 0 Å². The quantitative estimate of drug-likeness (QED) is 0.890. The van der Waals surface area contributed by atoms with Gasteiger partial charge in [0.1, 0.15) is 10.8 Å². The molecule has 2 aromatic rings. The first-order valence-electron chi connectivity index (χ1n) is 6.30. The van der Waals surface area contributed by atoms with Gasteiger partial charge in [0.05, 0.1) is 5.56 Å². The fraction of sp³-hybridized carbons (Fsp3) is 0.200. The molecule has 1 aromatic carbocycles. The molecule has 1 amide bonds. The zero-order chi connectivity index (χ0) is 15.4. The number of ether oxygens (including phenoxy) is 1. The minimum Gasteiger partial charge on any atom is -0.484 e. The fourth-order valence-corrected chi connectivity index (χ4v) is 2.87. The summed E-state index contributed by atoms with van der Waals surface area (Å²) in [4.78, 5) is 24.0. The molecule has 5 nitrogen and oxygen atoms in total. The molecule has 110 valence electrons. The summed E-state index contributed by atoms with van der Waals surface area (Å²) in [5.41, 5.74) is 0.817. The number of benzene rings is 1. The van der Waals surface area contributed by atoms with E-state index in [2.05, 4.69) is 5.32 Å². The Morgan fingerprint density at radius 1 is 1.24 bits per heavy atom. The van der Waals surface area contributed by atoms with E-state index in [1.54, 1.807) is 19.1 Å². The van der Waals surface area contributed by atoms with Crippen molar-refractivity contribution >= 4 is 28.2 Å². The summed E-state index contributed by atoms with van der Waals surface area (Å²) < 4.78 is 5.32. The Balaban J connectivity index is 2.03. The summed E-state index contributed by atoms with van der Waals surface area (Å²) in [6, 6.07) is 8.96. The Kier molecular flexibility index (Phi) is 4.59. The van der Waals surface area contributed by atoms with Crippen molar-refractivity contribution in [3.05, 3.63) is 46.3 Å². The number of carbonyl (C=O) groups is 2. The number of aromatic carboxylic acids is 1. The van der Waals surface area contributed by atoms with Gasteiger partial charge in [-0.15, -0.1) is 11.3 Å². The highest BCUT2D eigenvalue weighted by atomic mass is 32.1. The van der Waals surface area contributed by atoms with E-state index >= 15 is 0 Å². The molecule has 0 aliphatic rings. The SMILES string of the molecule is Cc1sc(NC(=O)COc2ccccc2)c(C(=O)O)c1C. The van der Waals surface area contributed by atoms with Crippen molar-refractivity contribution in [2.45, 2.75) is 13.8 Å². The van der Waals surface area contributed by atoms with Gasteiger partial charge in [-0.05, 0) is 31.5 Å². The molecule has 21 heavy (non-hydrogen) atoms. The first-order valence-corrected chi connectivity index (χ1v) is 7.11. The van der Waals surface area contributed by atoms with Crippen LogP contribution in [0.1, 0.15) is 20.8 Å². The highest BCUT2D eigenvalue weighted by molar-refractivity contribution is 7.16. The number of carboxylic acids is 1. The number of anilines is 1. The van der Waals surface area contributed by atoms with Crippen LogP contribution in [0.5, 0.6) is 5.75 Å². The standard InChI is InChI=1S/C15H15NO4S/c1-9-10(2)21-14(13(9)15(18)19)16-12(17)8-20-11-6-4-3-5-7-11/h3-7H,8H2,1-2H3,(H,16,17)(H,18,19). The van der Waals surface area contributed by atoms with Crippen LogP contribution in [0.15, 0.2) is 30.3 Å². The number of thiophene rings is 1. The highest BCUT2D eigenvalue weighted by Crippen LogP contribution is 2.32. The summed E-state index contributed by atoms with van der Waals surface area (Å²) in [5.74, 6) is -0.844. The molecule has 6 heteroatoms. The number of rotatable bonds is 5. The number of hydrogen-bond donors (Lipinski definition) is 2. The Labute approximate surface area is 126 Å². The lowest BCUT2D eigenvalue weighted by Gasteiger charge is -2.07. The summed E-state index contributed by atoms with van der Waals surface area (Å²) in [5, 5.41) is 12.1. The highest BCUT2D eigenvalue weighted by Gasteiger charge is 2.20. The molecule has 0 bridgehead atoms. The molecular formula is C15H15NO4S. The first kappa shape index (κ1) is 15.1. The summed E-state index contributed by atoms with van der Waals surface area (Å²) in [6.07, 6.45) is 0. The third kappa shape index (κ3) is 3.61. The lowest BCUT2D eigenvalue weighted by molar-refractivity contribution is -0.118. The van der Waals surface area contributed by atoms with Gasteiger partial charge < -0.3 is 15.2 Å². The molecule has 1 heterocycles. The first-order chi connectivity index (χ1) is 9.99. The Morgan fingerprint density at radius 3 is 2.52 bits per heavy atom. The fourth-order valence-electron chi connectivity index (χ4n) is 1.80. The van der Waals surface area contributed by atoms with Crippen LogP contribution in [0, 0.1) is 13.8 Å². The van der Waals surface area contributed by atoms with Gasteiger partial charge in [0.25, 0.3) is 5.91 Å². The van der Waals surface area contributed by atoms with E-state index in [1.807, 2.05) is 25.1 Å². The zero-order valence-electron chi connectivity index (χ0n) is 11.7. The molecule has 0 saturated heterocycles. The van der Waals surface area contributed by atoms with Gasteiger partial charge in [0.2, 0.25) is 0 Å². The van der Waals surface area contributed by atoms with Crippen LogP contribution in [-0.2, 0) is 4.79 Å². The number of amides is 1. The normalized spacial score (nSPS) is 10.2. The van der Waals surface area contributed by atoms with Crippen LogP contribution in [0.2, 0.25) is 0 Å². The van der Waals surface area contributed by atoms with Crippen LogP contribution < -0.4 is 10.1 Å². The van der Waals surface area contributed by atoms with E-state index in [1.165, 1.54) is 11.3 Å². The monoisotopic (exact) mass is 305 g/mol. The van der Waals surface area contributed by atoms with Crippen LogP contribution in [0.4, 0.5) is 5.00 Å². The van der Waals surface area contributed by atoms with E-state index in [0.717, 1.165) is 4.88 Å². The maximum Gasteiger partial charge on any atom is 0.338 e. The third-order valence-electron chi connectivity index (χ3n) is 2.97. The summed E-state index contributed by atoms with van der Waals surface area (Å²) in [7, 11) is 0. The number of carboxylic acid groups (broad SMARTS) is 1. The molecule has 0 saturated carbocycles. The lowest BCUT2D eigenvalue weighted by atomic mass is 10.1. The average Bonchev–Trinajstić information content (AvgIpc) is 2.72. The van der Waals surface area contributed by atoms with E-state index < -0.39 is 5.97 Å². The average molecular weight is 305 g/mol. The van der Waals surface area contributed by atoms with Gasteiger partial charge in [0, 0.05) is 4.88 Å². The lowest BCUT2D eigenvalue weighted by Crippen LogP contribution is -2.20. The molecule has 2 rings (SSSR count). The second kappa shape index (κ2) is 6.41.